The first-order chi connectivity index (χ1) is 13.1. The van der Waals surface area contributed by atoms with Gasteiger partial charge in [-0.25, -0.2) is 0 Å². The van der Waals surface area contributed by atoms with Gasteiger partial charge in [0.1, 0.15) is 0 Å². The second kappa shape index (κ2) is 12.5. The van der Waals surface area contributed by atoms with Crippen LogP contribution in [0.2, 0.25) is 39.3 Å². The Labute approximate surface area is 190 Å². The molecule has 0 heterocycles. The zero-order chi connectivity index (χ0) is 21.2. The molecule has 0 spiro atoms. The van der Waals surface area contributed by atoms with Crippen LogP contribution in [0.5, 0.6) is 0 Å². The number of rotatable bonds is 8. The van der Waals surface area contributed by atoms with Crippen LogP contribution >= 0.6 is 18.6 Å². The van der Waals surface area contributed by atoms with E-state index in [4.69, 9.17) is 18.6 Å². The fourth-order valence-corrected chi connectivity index (χ4v) is 4.95. The molecule has 2 aromatic rings. The van der Waals surface area contributed by atoms with Gasteiger partial charge in [0.2, 0.25) is 0 Å². The molecular weight excluding hydrogens is 455 g/mol. The van der Waals surface area contributed by atoms with Gasteiger partial charge in [0.05, 0.1) is 16.1 Å². The number of hydrogen-bond donors (Lipinski definition) is 0. The van der Waals surface area contributed by atoms with E-state index in [0.29, 0.717) is 0 Å². The molecule has 28 heavy (non-hydrogen) atoms. The van der Waals surface area contributed by atoms with E-state index in [9.17, 15) is 0 Å². The molecule has 0 fully saturated rings. The molecule has 0 aliphatic rings. The summed E-state index contributed by atoms with van der Waals surface area (Å²) in [5.74, 6) is 0. The fraction of sp³-hybridized carbons (Fsp3) is 0.429. The van der Waals surface area contributed by atoms with Crippen molar-refractivity contribution in [2.45, 2.75) is 45.7 Å². The van der Waals surface area contributed by atoms with E-state index in [1.54, 1.807) is 0 Å². The van der Waals surface area contributed by atoms with Gasteiger partial charge in [-0.15, -0.1) is 24.5 Å². The molecule has 2 aromatic carbocycles. The quantitative estimate of drug-likeness (QED) is 0.277. The summed E-state index contributed by atoms with van der Waals surface area (Å²) >= 11 is -0.556. The number of halogens is 2. The Balaban J connectivity index is 0.00000122. The van der Waals surface area contributed by atoms with Crippen molar-refractivity contribution in [3.05, 3.63) is 59.2 Å². The number of benzene rings is 2. The van der Waals surface area contributed by atoms with Crippen LogP contribution in [0.3, 0.4) is 0 Å². The van der Waals surface area contributed by atoms with Crippen LogP contribution in [-0.4, -0.2) is 29.2 Å². The Morgan fingerprint density at radius 1 is 0.643 bits per heavy atom. The second-order valence-corrected chi connectivity index (χ2v) is 21.5. The van der Waals surface area contributed by atoms with E-state index in [0.717, 1.165) is 30.9 Å². The third-order valence-corrected chi connectivity index (χ3v) is 8.50. The van der Waals surface area contributed by atoms with E-state index in [-0.39, 0.29) is 0 Å². The van der Waals surface area contributed by atoms with Crippen molar-refractivity contribution in [1.29, 1.82) is 0 Å². The molecule has 0 bridgehead atoms. The molecule has 0 amide bonds. The first-order valence-electron chi connectivity index (χ1n) is 9.60. The van der Waals surface area contributed by atoms with Gasteiger partial charge in [-0.3, -0.25) is 0 Å². The second-order valence-electron chi connectivity index (χ2n) is 8.78. The summed E-state index contributed by atoms with van der Waals surface area (Å²) in [5.41, 5.74) is 2.17. The number of nitrogens with zero attached hydrogens (tertiary/aromatic N) is 2. The SMILES string of the molecule is C[Si](C)(C)c1ccc([N-]CCC[N-]c2ccc([Si](C)(C)C)cc2)cc1.[Cl][Ti][Cl]. The van der Waals surface area contributed by atoms with E-state index in [1.165, 1.54) is 10.4 Å². The summed E-state index contributed by atoms with van der Waals surface area (Å²) in [6.07, 6.45) is 0.992. The average molecular weight is 487 g/mol. The van der Waals surface area contributed by atoms with Crippen LogP contribution in [0.15, 0.2) is 48.5 Å². The molecule has 0 unspecified atom stereocenters. The Bertz CT molecular complexity index is 622. The van der Waals surface area contributed by atoms with Crippen molar-refractivity contribution in [2.24, 2.45) is 0 Å². The fourth-order valence-electron chi connectivity index (χ4n) is 2.62. The summed E-state index contributed by atoms with van der Waals surface area (Å²) < 4.78 is 0. The predicted molar refractivity (Wildman–Crippen MR) is 131 cm³/mol. The van der Waals surface area contributed by atoms with Crippen molar-refractivity contribution in [3.8, 4) is 0 Å². The molecule has 0 aliphatic carbocycles. The molecule has 0 aromatic heterocycles. The molecule has 0 radical (unpaired) electrons. The Kier molecular flexibility index (Phi) is 11.5. The summed E-state index contributed by atoms with van der Waals surface area (Å²) in [6, 6.07) is 17.6. The molecule has 7 heteroatoms. The molecular formula is C21H32Cl2N2Si2Ti-2. The van der Waals surface area contributed by atoms with Gasteiger partial charge in [-0.1, -0.05) is 105 Å². The maximum absolute atomic E-state index is 4.89. The Hall–Kier alpha value is -0.232. The van der Waals surface area contributed by atoms with Crippen LogP contribution in [0.25, 0.3) is 10.6 Å². The van der Waals surface area contributed by atoms with Crippen LogP contribution in [0, 0.1) is 0 Å². The maximum atomic E-state index is 4.89. The van der Waals surface area contributed by atoms with Crippen molar-refractivity contribution >= 4 is 56.5 Å². The minimum absolute atomic E-state index is 0.556. The van der Waals surface area contributed by atoms with Crippen molar-refractivity contribution in [3.63, 3.8) is 0 Å². The summed E-state index contributed by atoms with van der Waals surface area (Å²) in [6.45, 7) is 15.9. The molecule has 154 valence electrons. The van der Waals surface area contributed by atoms with Crippen LogP contribution in [0.1, 0.15) is 6.42 Å². The molecule has 0 atom stereocenters. The topological polar surface area (TPSA) is 28.2 Å². The van der Waals surface area contributed by atoms with Gasteiger partial charge in [0, 0.05) is 0 Å². The van der Waals surface area contributed by atoms with E-state index < -0.39 is 33.2 Å². The summed E-state index contributed by atoms with van der Waals surface area (Å²) in [5, 5.41) is 12.3. The van der Waals surface area contributed by atoms with E-state index >= 15 is 0 Å². The average Bonchev–Trinajstić information content (AvgIpc) is 2.61. The molecule has 0 N–H and O–H groups in total. The van der Waals surface area contributed by atoms with Gasteiger partial charge < -0.3 is 10.6 Å². The van der Waals surface area contributed by atoms with Gasteiger partial charge in [0.15, 0.2) is 0 Å². The van der Waals surface area contributed by atoms with Crippen LogP contribution in [0.4, 0.5) is 11.4 Å². The van der Waals surface area contributed by atoms with Gasteiger partial charge in [0.25, 0.3) is 0 Å². The summed E-state index contributed by atoms with van der Waals surface area (Å²) in [7, 11) is 7.36. The first-order valence-corrected chi connectivity index (χ1v) is 20.9. The standard InChI is InChI=1S/C21H32N2Si2.2ClH.Ti/c1-24(2,3)20-12-8-18(9-13-20)22-16-7-17-23-19-10-14-21(15-11-19)25(4,5)6;;;/h8-15H,7,16-17H2,1-6H3;2*1H;/q-2;;;+2/p-2. The molecule has 0 saturated carbocycles. The monoisotopic (exact) mass is 486 g/mol. The normalized spacial score (nSPS) is 11.3. The molecule has 2 rings (SSSR count). The predicted octanol–water partition coefficient (Wildman–Crippen LogP) is 7.25. The van der Waals surface area contributed by atoms with Gasteiger partial charge >= 0.3 is 35.6 Å². The van der Waals surface area contributed by atoms with Crippen LogP contribution < -0.4 is 10.4 Å². The van der Waals surface area contributed by atoms with Crippen molar-refractivity contribution in [1.82, 2.24) is 0 Å². The van der Waals surface area contributed by atoms with Crippen molar-refractivity contribution < 1.29 is 17.0 Å². The van der Waals surface area contributed by atoms with Crippen LogP contribution in [-0.2, 0) is 17.0 Å². The van der Waals surface area contributed by atoms with E-state index in [2.05, 4.69) is 98.4 Å². The van der Waals surface area contributed by atoms with Gasteiger partial charge in [-0.05, 0) is 0 Å². The molecule has 0 saturated heterocycles. The Morgan fingerprint density at radius 2 is 0.929 bits per heavy atom. The zero-order valence-electron chi connectivity index (χ0n) is 17.9. The third-order valence-electron chi connectivity index (χ3n) is 4.37. The Morgan fingerprint density at radius 3 is 1.18 bits per heavy atom. The zero-order valence-corrected chi connectivity index (χ0v) is 23.0. The van der Waals surface area contributed by atoms with Crippen molar-refractivity contribution in [2.75, 3.05) is 13.1 Å². The minimum atomic E-state index is -1.21. The third kappa shape index (κ3) is 10.00. The molecule has 0 aliphatic heterocycles. The first kappa shape index (κ1) is 25.8. The van der Waals surface area contributed by atoms with E-state index in [1.807, 2.05) is 0 Å². The molecule has 2 nitrogen and oxygen atoms in total. The van der Waals surface area contributed by atoms with Gasteiger partial charge in [-0.2, -0.15) is 0 Å². The summed E-state index contributed by atoms with van der Waals surface area (Å²) in [4.78, 5) is 0. The number of hydrogen-bond acceptors (Lipinski definition) is 0.